The van der Waals surface area contributed by atoms with Gasteiger partial charge in [0.15, 0.2) is 11.6 Å². The van der Waals surface area contributed by atoms with Gasteiger partial charge in [0, 0.05) is 17.3 Å². The summed E-state index contributed by atoms with van der Waals surface area (Å²) < 4.78 is 29.6. The van der Waals surface area contributed by atoms with Gasteiger partial charge in [-0.2, -0.15) is 0 Å². The van der Waals surface area contributed by atoms with Gasteiger partial charge in [-0.15, -0.1) is 11.8 Å². The van der Waals surface area contributed by atoms with Gasteiger partial charge in [-0.3, -0.25) is 9.59 Å². The van der Waals surface area contributed by atoms with Crippen molar-refractivity contribution in [2.24, 2.45) is 7.05 Å². The SMILES string of the molecule is Cc1cc2c(cc(C(=O)N[C@H](CO)c3ccc(SCC(=O)O)cc3)n2C)c(F)c1F. The molecule has 0 bridgehead atoms. The molecule has 0 aliphatic heterocycles. The number of aryl methyl sites for hydroxylation is 2. The van der Waals surface area contributed by atoms with E-state index < -0.39 is 29.6 Å². The van der Waals surface area contributed by atoms with Crippen molar-refractivity contribution >= 4 is 34.5 Å². The second-order valence-electron chi connectivity index (χ2n) is 6.80. The van der Waals surface area contributed by atoms with E-state index in [1.165, 1.54) is 23.6 Å². The molecule has 0 aliphatic carbocycles. The maximum Gasteiger partial charge on any atom is 0.313 e. The molecule has 3 rings (SSSR count). The van der Waals surface area contributed by atoms with Crippen molar-refractivity contribution in [3.63, 3.8) is 0 Å². The summed E-state index contributed by atoms with van der Waals surface area (Å²) in [5.41, 5.74) is 1.28. The van der Waals surface area contributed by atoms with E-state index in [2.05, 4.69) is 5.32 Å². The number of carbonyl (C=O) groups excluding carboxylic acids is 1. The summed E-state index contributed by atoms with van der Waals surface area (Å²) in [6.45, 7) is 1.07. The Morgan fingerprint density at radius 3 is 2.43 bits per heavy atom. The lowest BCUT2D eigenvalue weighted by molar-refractivity contribution is -0.133. The van der Waals surface area contributed by atoms with E-state index in [1.807, 2.05) is 0 Å². The van der Waals surface area contributed by atoms with Crippen LogP contribution in [0, 0.1) is 18.6 Å². The highest BCUT2D eigenvalue weighted by Crippen LogP contribution is 2.27. The number of fused-ring (bicyclic) bond motifs is 1. The monoisotopic (exact) mass is 434 g/mol. The Balaban J connectivity index is 1.82. The second-order valence-corrected chi connectivity index (χ2v) is 7.85. The number of nitrogens with zero attached hydrogens (tertiary/aromatic N) is 1. The third-order valence-electron chi connectivity index (χ3n) is 4.77. The van der Waals surface area contributed by atoms with Gasteiger partial charge in [-0.1, -0.05) is 12.1 Å². The number of aromatic nitrogens is 1. The molecular formula is C21H20F2N2O4S. The Morgan fingerprint density at radius 1 is 1.17 bits per heavy atom. The topological polar surface area (TPSA) is 91.6 Å². The molecule has 0 unspecified atom stereocenters. The van der Waals surface area contributed by atoms with Gasteiger partial charge in [-0.05, 0) is 42.3 Å². The van der Waals surface area contributed by atoms with Crippen molar-refractivity contribution in [2.75, 3.05) is 12.4 Å². The molecule has 1 aromatic heterocycles. The summed E-state index contributed by atoms with van der Waals surface area (Å²) in [7, 11) is 1.58. The maximum atomic E-state index is 14.3. The van der Waals surface area contributed by atoms with E-state index in [4.69, 9.17) is 5.11 Å². The number of nitrogens with one attached hydrogen (secondary N) is 1. The second kappa shape index (κ2) is 8.85. The van der Waals surface area contributed by atoms with Crippen molar-refractivity contribution in [3.8, 4) is 0 Å². The van der Waals surface area contributed by atoms with Crippen molar-refractivity contribution in [2.45, 2.75) is 17.9 Å². The first-order valence-electron chi connectivity index (χ1n) is 9.03. The van der Waals surface area contributed by atoms with Gasteiger partial charge in [0.2, 0.25) is 0 Å². The molecule has 0 saturated carbocycles. The van der Waals surface area contributed by atoms with Crippen molar-refractivity contribution in [1.82, 2.24) is 9.88 Å². The van der Waals surface area contributed by atoms with E-state index in [9.17, 15) is 23.5 Å². The van der Waals surface area contributed by atoms with E-state index in [-0.39, 0.29) is 29.0 Å². The van der Waals surface area contributed by atoms with Gasteiger partial charge in [0.1, 0.15) is 5.69 Å². The quantitative estimate of drug-likeness (QED) is 0.496. The number of thioether (sulfide) groups is 1. The zero-order valence-electron chi connectivity index (χ0n) is 16.3. The molecule has 2 aromatic carbocycles. The number of carbonyl (C=O) groups is 2. The number of carboxylic acids is 1. The first-order valence-corrected chi connectivity index (χ1v) is 10.0. The van der Waals surface area contributed by atoms with Crippen LogP contribution in [-0.4, -0.2) is 39.0 Å². The number of aliphatic carboxylic acids is 1. The van der Waals surface area contributed by atoms with Crippen LogP contribution < -0.4 is 5.32 Å². The molecule has 6 nitrogen and oxygen atoms in total. The lowest BCUT2D eigenvalue weighted by Crippen LogP contribution is -2.31. The third kappa shape index (κ3) is 4.31. The minimum Gasteiger partial charge on any atom is -0.481 e. The average Bonchev–Trinajstić information content (AvgIpc) is 3.05. The summed E-state index contributed by atoms with van der Waals surface area (Å²) in [5.74, 6) is -3.50. The fourth-order valence-corrected chi connectivity index (χ4v) is 3.77. The summed E-state index contributed by atoms with van der Waals surface area (Å²) in [4.78, 5) is 24.2. The average molecular weight is 434 g/mol. The molecule has 0 fully saturated rings. The molecule has 0 aliphatic rings. The number of rotatable bonds is 7. The van der Waals surface area contributed by atoms with E-state index in [0.29, 0.717) is 11.1 Å². The molecule has 3 aromatic rings. The van der Waals surface area contributed by atoms with Crippen LogP contribution >= 0.6 is 11.8 Å². The Bertz CT molecular complexity index is 1110. The number of halogens is 2. The van der Waals surface area contributed by atoms with Gasteiger partial charge in [0.05, 0.1) is 23.9 Å². The third-order valence-corrected chi connectivity index (χ3v) is 5.77. The molecule has 1 heterocycles. The summed E-state index contributed by atoms with van der Waals surface area (Å²) in [6, 6.07) is 8.81. The highest BCUT2D eigenvalue weighted by molar-refractivity contribution is 8.00. The number of aliphatic hydroxyl groups is 1. The molecule has 1 amide bonds. The predicted molar refractivity (Wildman–Crippen MR) is 110 cm³/mol. The normalized spacial score (nSPS) is 12.2. The van der Waals surface area contributed by atoms with Gasteiger partial charge >= 0.3 is 5.97 Å². The number of hydrogen-bond acceptors (Lipinski definition) is 4. The molecule has 3 N–H and O–H groups in total. The van der Waals surface area contributed by atoms with Crippen molar-refractivity contribution < 1.29 is 28.6 Å². The standard InChI is InChI=1S/C21H20F2N2O4S/c1-11-7-16-14(20(23)19(11)22)8-17(25(16)2)21(29)24-15(9-26)12-3-5-13(6-4-12)30-10-18(27)28/h3-8,15,26H,9-10H2,1-2H3,(H,24,29)(H,27,28)/t15-/m1/s1. The van der Waals surface area contributed by atoms with Crippen LogP contribution in [0.3, 0.4) is 0 Å². The van der Waals surface area contributed by atoms with Crippen LogP contribution in [0.4, 0.5) is 8.78 Å². The Morgan fingerprint density at radius 2 is 1.83 bits per heavy atom. The van der Waals surface area contributed by atoms with Crippen LogP contribution in [0.25, 0.3) is 10.9 Å². The highest BCUT2D eigenvalue weighted by Gasteiger charge is 2.21. The maximum absolute atomic E-state index is 14.3. The zero-order valence-corrected chi connectivity index (χ0v) is 17.1. The van der Waals surface area contributed by atoms with Crippen LogP contribution in [0.1, 0.15) is 27.7 Å². The fourth-order valence-electron chi connectivity index (χ4n) is 3.15. The minimum atomic E-state index is -1.01. The summed E-state index contributed by atoms with van der Waals surface area (Å²) in [5, 5.41) is 21.2. The Hall–Kier alpha value is -2.91. The van der Waals surface area contributed by atoms with Crippen molar-refractivity contribution in [3.05, 3.63) is 64.9 Å². The lowest BCUT2D eigenvalue weighted by atomic mass is 10.1. The molecular weight excluding hydrogens is 414 g/mol. The molecule has 0 radical (unpaired) electrons. The molecule has 158 valence electrons. The van der Waals surface area contributed by atoms with Crippen LogP contribution in [0.2, 0.25) is 0 Å². The predicted octanol–water partition coefficient (Wildman–Crippen LogP) is 3.41. The van der Waals surface area contributed by atoms with Crippen LogP contribution in [0.5, 0.6) is 0 Å². The fraction of sp³-hybridized carbons (Fsp3) is 0.238. The lowest BCUT2D eigenvalue weighted by Gasteiger charge is -2.17. The number of aliphatic hydroxyl groups excluding tert-OH is 1. The van der Waals surface area contributed by atoms with Gasteiger partial charge < -0.3 is 20.1 Å². The number of hydrogen-bond donors (Lipinski definition) is 3. The highest BCUT2D eigenvalue weighted by atomic mass is 32.2. The van der Waals surface area contributed by atoms with Gasteiger partial charge in [0.25, 0.3) is 5.91 Å². The van der Waals surface area contributed by atoms with E-state index in [0.717, 1.165) is 16.7 Å². The molecule has 30 heavy (non-hydrogen) atoms. The number of benzene rings is 2. The van der Waals surface area contributed by atoms with Crippen LogP contribution in [-0.2, 0) is 11.8 Å². The van der Waals surface area contributed by atoms with Crippen molar-refractivity contribution in [1.29, 1.82) is 0 Å². The molecule has 1 atom stereocenters. The molecule has 0 spiro atoms. The Kier molecular flexibility index (Phi) is 6.42. The van der Waals surface area contributed by atoms with E-state index >= 15 is 0 Å². The Labute approximate surface area is 175 Å². The largest absolute Gasteiger partial charge is 0.481 e. The summed E-state index contributed by atoms with van der Waals surface area (Å²) in [6.07, 6.45) is 0. The smallest absolute Gasteiger partial charge is 0.313 e. The van der Waals surface area contributed by atoms with E-state index in [1.54, 1.807) is 31.3 Å². The molecule has 0 saturated heterocycles. The molecule has 9 heteroatoms. The van der Waals surface area contributed by atoms with Crippen LogP contribution in [0.15, 0.2) is 41.3 Å². The summed E-state index contributed by atoms with van der Waals surface area (Å²) >= 11 is 1.16. The first kappa shape index (κ1) is 21.8. The minimum absolute atomic E-state index is 0.00565. The first-order chi connectivity index (χ1) is 14.2. The zero-order chi connectivity index (χ0) is 22.0. The van der Waals surface area contributed by atoms with Gasteiger partial charge in [-0.25, -0.2) is 8.78 Å². The number of amides is 1. The number of carboxylic acid groups (broad SMARTS) is 1.